The monoisotopic (exact) mass is 437 g/mol. The zero-order valence-electron chi connectivity index (χ0n) is 15.4. The lowest BCUT2D eigenvalue weighted by Gasteiger charge is -2.26. The summed E-state index contributed by atoms with van der Waals surface area (Å²) in [4.78, 5) is 22.2. The molecule has 29 heavy (non-hydrogen) atoms. The molecule has 1 unspecified atom stereocenters. The number of hydrogen-bond acceptors (Lipinski definition) is 5. The van der Waals surface area contributed by atoms with Gasteiger partial charge in [0.2, 0.25) is 15.9 Å². The van der Waals surface area contributed by atoms with Crippen molar-refractivity contribution in [2.45, 2.75) is 36.6 Å². The highest BCUT2D eigenvalue weighted by Crippen LogP contribution is 2.29. The van der Waals surface area contributed by atoms with Gasteiger partial charge < -0.3 is 5.32 Å². The Labute approximate surface area is 173 Å². The van der Waals surface area contributed by atoms with Crippen LogP contribution in [0.3, 0.4) is 0 Å². The number of nitro groups is 1. The van der Waals surface area contributed by atoms with Crippen molar-refractivity contribution in [3.8, 4) is 0 Å². The Hall–Kier alpha value is -2.49. The summed E-state index contributed by atoms with van der Waals surface area (Å²) in [6.07, 6.45) is 2.75. The maximum absolute atomic E-state index is 12.3. The quantitative estimate of drug-likeness (QED) is 0.509. The summed E-state index contributed by atoms with van der Waals surface area (Å²) in [5.74, 6) is -0.267. The summed E-state index contributed by atoms with van der Waals surface area (Å²) in [7, 11) is -4.00. The summed E-state index contributed by atoms with van der Waals surface area (Å²) in [6.45, 7) is -0.126. The zero-order valence-corrected chi connectivity index (χ0v) is 17.0. The molecule has 0 heterocycles. The van der Waals surface area contributed by atoms with Crippen LogP contribution in [-0.4, -0.2) is 25.8 Å². The van der Waals surface area contributed by atoms with Crippen molar-refractivity contribution in [3.63, 3.8) is 0 Å². The van der Waals surface area contributed by atoms with E-state index in [1.54, 1.807) is 0 Å². The first kappa shape index (κ1) is 21.2. The average Bonchev–Trinajstić information content (AvgIpc) is 2.68. The molecule has 0 saturated heterocycles. The Kier molecular flexibility index (Phi) is 6.51. The van der Waals surface area contributed by atoms with E-state index < -0.39 is 20.6 Å². The molecule has 0 bridgehead atoms. The molecule has 8 nitrogen and oxygen atoms in total. The van der Waals surface area contributed by atoms with Crippen LogP contribution < -0.4 is 10.0 Å². The number of amides is 1. The van der Waals surface area contributed by atoms with Crippen molar-refractivity contribution >= 4 is 33.2 Å². The van der Waals surface area contributed by atoms with E-state index in [4.69, 9.17) is 11.6 Å². The van der Waals surface area contributed by atoms with Gasteiger partial charge in [-0.3, -0.25) is 14.9 Å². The molecule has 0 aromatic heterocycles. The van der Waals surface area contributed by atoms with Gasteiger partial charge in [0, 0.05) is 19.0 Å². The highest BCUT2D eigenvalue weighted by Gasteiger charge is 2.23. The molecule has 2 aromatic carbocycles. The Morgan fingerprint density at radius 3 is 2.76 bits per heavy atom. The van der Waals surface area contributed by atoms with Gasteiger partial charge in [-0.1, -0.05) is 35.9 Å². The molecule has 0 radical (unpaired) electrons. The molecule has 1 atom stereocenters. The lowest BCUT2D eigenvalue weighted by Crippen LogP contribution is -2.34. The largest absolute Gasteiger partial charge is 0.349 e. The number of rotatable bonds is 7. The van der Waals surface area contributed by atoms with Gasteiger partial charge in [-0.05, 0) is 42.5 Å². The molecule has 0 spiro atoms. The lowest BCUT2D eigenvalue weighted by molar-refractivity contribution is -0.384. The predicted octanol–water partition coefficient (Wildman–Crippen LogP) is 3.11. The first-order valence-corrected chi connectivity index (χ1v) is 10.9. The number of fused-ring (bicyclic) bond motifs is 1. The normalized spacial score (nSPS) is 16.1. The van der Waals surface area contributed by atoms with Crippen LogP contribution in [0.15, 0.2) is 47.4 Å². The van der Waals surface area contributed by atoms with E-state index in [9.17, 15) is 23.3 Å². The predicted molar refractivity (Wildman–Crippen MR) is 108 cm³/mol. The molecule has 0 fully saturated rings. The first-order valence-electron chi connectivity index (χ1n) is 9.09. The van der Waals surface area contributed by atoms with Crippen LogP contribution in [0.4, 0.5) is 5.69 Å². The number of nitro benzene ring substituents is 1. The standard InChI is InChI=1S/C19H20ClN3O5S/c20-16-9-8-14(12-18(16)23(25)26)29(27,28)21-11-10-19(24)22-17-7-3-5-13-4-1-2-6-15(13)17/h1-2,4,6,8-9,12,17,21H,3,5,7,10-11H2,(H,22,24). The summed E-state index contributed by atoms with van der Waals surface area (Å²) in [5.41, 5.74) is 1.82. The van der Waals surface area contributed by atoms with Gasteiger partial charge >= 0.3 is 0 Å². The van der Waals surface area contributed by atoms with Crippen LogP contribution in [-0.2, 0) is 21.2 Å². The summed E-state index contributed by atoms with van der Waals surface area (Å²) >= 11 is 5.71. The first-order chi connectivity index (χ1) is 13.8. The smallest absolute Gasteiger partial charge is 0.289 e. The number of aryl methyl sites for hydroxylation is 1. The molecule has 1 aliphatic carbocycles. The third kappa shape index (κ3) is 5.11. The second kappa shape index (κ2) is 8.89. The van der Waals surface area contributed by atoms with Crippen molar-refractivity contribution in [3.05, 3.63) is 68.7 Å². The van der Waals surface area contributed by atoms with Crippen molar-refractivity contribution < 1.29 is 18.1 Å². The van der Waals surface area contributed by atoms with Crippen LogP contribution in [0.1, 0.15) is 36.4 Å². The van der Waals surface area contributed by atoms with Crippen LogP contribution in [0.5, 0.6) is 0 Å². The van der Waals surface area contributed by atoms with E-state index in [0.29, 0.717) is 0 Å². The Balaban J connectivity index is 1.58. The van der Waals surface area contributed by atoms with Gasteiger partial charge in [0.1, 0.15) is 5.02 Å². The second-order valence-corrected chi connectivity index (χ2v) is 8.90. The minimum absolute atomic E-state index is 0.0480. The topological polar surface area (TPSA) is 118 Å². The fourth-order valence-corrected chi connectivity index (χ4v) is 4.59. The number of carbonyl (C=O) groups excluding carboxylic acids is 1. The van der Waals surface area contributed by atoms with E-state index in [2.05, 4.69) is 10.0 Å². The van der Waals surface area contributed by atoms with Gasteiger partial charge in [-0.2, -0.15) is 0 Å². The number of nitrogens with one attached hydrogen (secondary N) is 2. The van der Waals surface area contributed by atoms with Crippen molar-refractivity contribution in [2.24, 2.45) is 0 Å². The van der Waals surface area contributed by atoms with Gasteiger partial charge in [-0.25, -0.2) is 13.1 Å². The van der Waals surface area contributed by atoms with E-state index in [0.717, 1.165) is 37.0 Å². The number of nitrogens with zero attached hydrogens (tertiary/aromatic N) is 1. The number of benzene rings is 2. The summed E-state index contributed by atoms with van der Waals surface area (Å²) in [6, 6.07) is 11.1. The molecule has 2 aromatic rings. The van der Waals surface area contributed by atoms with E-state index in [1.165, 1.54) is 11.6 Å². The van der Waals surface area contributed by atoms with Crippen LogP contribution in [0.25, 0.3) is 0 Å². The van der Waals surface area contributed by atoms with Crippen molar-refractivity contribution in [2.75, 3.05) is 6.54 Å². The molecular formula is C19H20ClN3O5S. The molecule has 0 saturated carbocycles. The van der Waals surface area contributed by atoms with Crippen molar-refractivity contribution in [1.82, 2.24) is 10.0 Å². The summed E-state index contributed by atoms with van der Waals surface area (Å²) in [5, 5.41) is 13.7. The van der Waals surface area contributed by atoms with E-state index in [1.807, 2.05) is 24.3 Å². The highest BCUT2D eigenvalue weighted by molar-refractivity contribution is 7.89. The third-order valence-electron chi connectivity index (χ3n) is 4.77. The van der Waals surface area contributed by atoms with Gasteiger partial charge in [0.05, 0.1) is 15.9 Å². The fourth-order valence-electron chi connectivity index (χ4n) is 3.35. The minimum atomic E-state index is -4.00. The fraction of sp³-hybridized carbons (Fsp3) is 0.316. The number of hydrogen-bond donors (Lipinski definition) is 2. The second-order valence-electron chi connectivity index (χ2n) is 6.73. The highest BCUT2D eigenvalue weighted by atomic mass is 35.5. The Bertz CT molecular complexity index is 1040. The Morgan fingerprint density at radius 1 is 1.24 bits per heavy atom. The Morgan fingerprint density at radius 2 is 2.00 bits per heavy atom. The minimum Gasteiger partial charge on any atom is -0.349 e. The molecule has 154 valence electrons. The van der Waals surface area contributed by atoms with Gasteiger partial charge in [-0.15, -0.1) is 0 Å². The van der Waals surface area contributed by atoms with E-state index >= 15 is 0 Å². The molecule has 3 rings (SSSR count). The lowest BCUT2D eigenvalue weighted by atomic mass is 9.88. The maximum Gasteiger partial charge on any atom is 0.289 e. The van der Waals surface area contributed by atoms with Crippen LogP contribution in [0, 0.1) is 10.1 Å². The molecule has 2 N–H and O–H groups in total. The third-order valence-corrected chi connectivity index (χ3v) is 6.55. The summed E-state index contributed by atoms with van der Waals surface area (Å²) < 4.78 is 27.0. The molecule has 1 aliphatic rings. The van der Waals surface area contributed by atoms with Crippen LogP contribution in [0.2, 0.25) is 5.02 Å². The molecular weight excluding hydrogens is 418 g/mol. The molecule has 10 heteroatoms. The average molecular weight is 438 g/mol. The molecule has 1 amide bonds. The van der Waals surface area contributed by atoms with E-state index in [-0.39, 0.29) is 34.8 Å². The molecule has 0 aliphatic heterocycles. The van der Waals surface area contributed by atoms with Crippen LogP contribution >= 0.6 is 11.6 Å². The number of halogens is 1. The van der Waals surface area contributed by atoms with Crippen molar-refractivity contribution in [1.29, 1.82) is 0 Å². The van der Waals surface area contributed by atoms with Gasteiger partial charge in [0.25, 0.3) is 5.69 Å². The number of sulfonamides is 1. The zero-order chi connectivity index (χ0) is 21.0. The SMILES string of the molecule is O=C(CCNS(=O)(=O)c1ccc(Cl)c([N+](=O)[O-])c1)NC1CCCc2ccccc21. The maximum atomic E-state index is 12.3. The van der Waals surface area contributed by atoms with Gasteiger partial charge in [0.15, 0.2) is 0 Å². The number of carbonyl (C=O) groups is 1.